The Morgan fingerprint density at radius 2 is 1.21 bits per heavy atom. The van der Waals surface area contributed by atoms with Gasteiger partial charge in [0.25, 0.3) is 0 Å². The molecule has 0 spiro atoms. The molecule has 0 amide bonds. The quantitative estimate of drug-likeness (QED) is 0.674. The SMILES string of the molecule is Clc1cc[c]c(-c2[c]ccc(Cl)c2)c1. The molecule has 0 N–H and O–H groups in total. The zero-order valence-electron chi connectivity index (χ0n) is 7.22. The normalized spacial score (nSPS) is 10.1. The van der Waals surface area contributed by atoms with E-state index in [0.29, 0.717) is 10.0 Å². The van der Waals surface area contributed by atoms with Crippen LogP contribution in [-0.2, 0) is 0 Å². The Balaban J connectivity index is 2.49. The van der Waals surface area contributed by atoms with Crippen molar-refractivity contribution in [2.45, 2.75) is 0 Å². The summed E-state index contributed by atoms with van der Waals surface area (Å²) in [5.74, 6) is 0. The highest BCUT2D eigenvalue weighted by molar-refractivity contribution is 6.31. The van der Waals surface area contributed by atoms with E-state index in [1.54, 1.807) is 24.3 Å². The Morgan fingerprint density at radius 1 is 0.786 bits per heavy atom. The van der Waals surface area contributed by atoms with Crippen LogP contribution in [0.5, 0.6) is 0 Å². The largest absolute Gasteiger partial charge is 0.0843 e. The first-order chi connectivity index (χ1) is 6.75. The molecule has 0 fully saturated rings. The fraction of sp³-hybridized carbons (Fsp3) is 0. The average molecular weight is 221 g/mol. The van der Waals surface area contributed by atoms with Crippen LogP contribution in [0.15, 0.2) is 36.4 Å². The van der Waals surface area contributed by atoms with Gasteiger partial charge in [0.2, 0.25) is 0 Å². The topological polar surface area (TPSA) is 0 Å². The molecule has 2 rings (SSSR count). The van der Waals surface area contributed by atoms with E-state index in [1.807, 2.05) is 12.1 Å². The van der Waals surface area contributed by atoms with Gasteiger partial charge in [-0.05, 0) is 47.5 Å². The van der Waals surface area contributed by atoms with E-state index >= 15 is 0 Å². The molecule has 0 saturated carbocycles. The highest BCUT2D eigenvalue weighted by atomic mass is 35.5. The lowest BCUT2D eigenvalue weighted by Gasteiger charge is -2.01. The highest BCUT2D eigenvalue weighted by Crippen LogP contribution is 2.23. The van der Waals surface area contributed by atoms with E-state index in [1.165, 1.54) is 0 Å². The van der Waals surface area contributed by atoms with Gasteiger partial charge in [0, 0.05) is 10.0 Å². The van der Waals surface area contributed by atoms with Gasteiger partial charge in [0.05, 0.1) is 0 Å². The second-order valence-corrected chi connectivity index (χ2v) is 3.71. The van der Waals surface area contributed by atoms with Crippen molar-refractivity contribution in [3.8, 4) is 11.1 Å². The second kappa shape index (κ2) is 4.04. The Hall–Kier alpha value is -0.980. The van der Waals surface area contributed by atoms with Crippen LogP contribution >= 0.6 is 23.2 Å². The molecule has 0 nitrogen and oxygen atoms in total. The van der Waals surface area contributed by atoms with E-state index in [0.717, 1.165) is 11.1 Å². The predicted molar refractivity (Wildman–Crippen MR) is 59.6 cm³/mol. The van der Waals surface area contributed by atoms with E-state index < -0.39 is 0 Å². The van der Waals surface area contributed by atoms with E-state index in [2.05, 4.69) is 12.1 Å². The Labute approximate surface area is 93.1 Å². The van der Waals surface area contributed by atoms with Crippen molar-refractivity contribution in [1.82, 2.24) is 0 Å². The molecule has 68 valence electrons. The molecule has 0 heterocycles. The Morgan fingerprint density at radius 3 is 1.57 bits per heavy atom. The molecule has 2 radical (unpaired) electrons. The molecule has 2 aromatic rings. The molecule has 0 aliphatic heterocycles. The van der Waals surface area contributed by atoms with E-state index in [9.17, 15) is 0 Å². The van der Waals surface area contributed by atoms with E-state index in [-0.39, 0.29) is 0 Å². The molecule has 0 saturated heterocycles. The maximum atomic E-state index is 5.87. The summed E-state index contributed by atoms with van der Waals surface area (Å²) in [4.78, 5) is 0. The lowest BCUT2D eigenvalue weighted by Crippen LogP contribution is -1.77. The maximum Gasteiger partial charge on any atom is 0.0412 e. The summed E-state index contributed by atoms with van der Waals surface area (Å²) in [6, 6.07) is 17.0. The molecular formula is C12H6Cl2. The van der Waals surface area contributed by atoms with Crippen molar-refractivity contribution in [2.24, 2.45) is 0 Å². The number of benzene rings is 2. The molecule has 0 atom stereocenters. The summed E-state index contributed by atoms with van der Waals surface area (Å²) in [6.45, 7) is 0. The molecule has 0 aromatic heterocycles. The summed E-state index contributed by atoms with van der Waals surface area (Å²) in [7, 11) is 0. The summed E-state index contributed by atoms with van der Waals surface area (Å²) < 4.78 is 0. The molecule has 0 bridgehead atoms. The lowest BCUT2D eigenvalue weighted by molar-refractivity contribution is 1.60. The number of halogens is 2. The fourth-order valence-electron chi connectivity index (χ4n) is 1.19. The van der Waals surface area contributed by atoms with Crippen molar-refractivity contribution >= 4 is 23.2 Å². The molecule has 0 unspecified atom stereocenters. The number of hydrogen-bond acceptors (Lipinski definition) is 0. The molecule has 0 aliphatic rings. The number of rotatable bonds is 1. The summed E-state index contributed by atoms with van der Waals surface area (Å²) in [5.41, 5.74) is 1.81. The van der Waals surface area contributed by atoms with Gasteiger partial charge in [-0.2, -0.15) is 0 Å². The summed E-state index contributed by atoms with van der Waals surface area (Å²) in [5, 5.41) is 1.37. The Bertz CT molecular complexity index is 406. The van der Waals surface area contributed by atoms with Gasteiger partial charge >= 0.3 is 0 Å². The first-order valence-corrected chi connectivity index (χ1v) is 4.86. The first kappa shape index (κ1) is 9.57. The minimum Gasteiger partial charge on any atom is -0.0843 e. The minimum atomic E-state index is 0.687. The van der Waals surface area contributed by atoms with Gasteiger partial charge in [-0.3, -0.25) is 0 Å². The van der Waals surface area contributed by atoms with Crippen LogP contribution in [0.1, 0.15) is 0 Å². The maximum absolute atomic E-state index is 5.87. The van der Waals surface area contributed by atoms with Crippen LogP contribution in [0.2, 0.25) is 10.0 Å². The highest BCUT2D eigenvalue weighted by Gasteiger charge is 1.99. The van der Waals surface area contributed by atoms with Crippen LogP contribution in [0.3, 0.4) is 0 Å². The van der Waals surface area contributed by atoms with Crippen LogP contribution in [0.4, 0.5) is 0 Å². The number of hydrogen-bond donors (Lipinski definition) is 0. The van der Waals surface area contributed by atoms with Gasteiger partial charge in [-0.1, -0.05) is 35.3 Å². The van der Waals surface area contributed by atoms with Gasteiger partial charge in [0.15, 0.2) is 0 Å². The first-order valence-electron chi connectivity index (χ1n) is 4.10. The van der Waals surface area contributed by atoms with Crippen molar-refractivity contribution in [3.05, 3.63) is 58.6 Å². The standard InChI is InChI=1S/C12H6Cl2/c13-11-5-1-3-9(7-11)10-4-2-6-12(14)8-10/h1-2,5-8H. The van der Waals surface area contributed by atoms with Crippen molar-refractivity contribution < 1.29 is 0 Å². The van der Waals surface area contributed by atoms with Gasteiger partial charge in [-0.25, -0.2) is 0 Å². The van der Waals surface area contributed by atoms with Crippen LogP contribution in [0.25, 0.3) is 11.1 Å². The zero-order valence-corrected chi connectivity index (χ0v) is 8.73. The second-order valence-electron chi connectivity index (χ2n) is 2.84. The van der Waals surface area contributed by atoms with Crippen molar-refractivity contribution in [2.75, 3.05) is 0 Å². The Kier molecular flexibility index (Phi) is 2.76. The van der Waals surface area contributed by atoms with Crippen LogP contribution in [0, 0.1) is 12.1 Å². The third-order valence-electron chi connectivity index (χ3n) is 1.82. The van der Waals surface area contributed by atoms with Gasteiger partial charge < -0.3 is 0 Å². The third kappa shape index (κ3) is 2.09. The average Bonchev–Trinajstić information content (AvgIpc) is 2.18. The minimum absolute atomic E-state index is 0.687. The van der Waals surface area contributed by atoms with Crippen LogP contribution in [-0.4, -0.2) is 0 Å². The fourth-order valence-corrected chi connectivity index (χ4v) is 1.53. The summed E-state index contributed by atoms with van der Waals surface area (Å²) in [6.07, 6.45) is 0. The molecule has 2 aromatic carbocycles. The van der Waals surface area contributed by atoms with Crippen molar-refractivity contribution in [3.63, 3.8) is 0 Å². The zero-order chi connectivity index (χ0) is 9.97. The monoisotopic (exact) mass is 220 g/mol. The van der Waals surface area contributed by atoms with Gasteiger partial charge in [-0.15, -0.1) is 0 Å². The molecule has 2 heteroatoms. The third-order valence-corrected chi connectivity index (χ3v) is 2.29. The molecule has 14 heavy (non-hydrogen) atoms. The van der Waals surface area contributed by atoms with Crippen molar-refractivity contribution in [1.29, 1.82) is 0 Å². The van der Waals surface area contributed by atoms with Crippen LogP contribution < -0.4 is 0 Å². The van der Waals surface area contributed by atoms with Gasteiger partial charge in [0.1, 0.15) is 0 Å². The molecule has 0 aliphatic carbocycles. The molecular weight excluding hydrogens is 215 g/mol. The predicted octanol–water partition coefficient (Wildman–Crippen LogP) is 4.26. The summed E-state index contributed by atoms with van der Waals surface area (Å²) >= 11 is 11.7. The van der Waals surface area contributed by atoms with E-state index in [4.69, 9.17) is 23.2 Å². The lowest BCUT2D eigenvalue weighted by atomic mass is 10.1. The smallest absolute Gasteiger partial charge is 0.0412 e.